The topological polar surface area (TPSA) is 65.5 Å². The maximum Gasteiger partial charge on any atom is 0.350 e. The molecule has 3 aromatic rings. The van der Waals surface area contributed by atoms with Gasteiger partial charge in [-0.3, -0.25) is 4.79 Å². The molecule has 144 valence electrons. The highest BCUT2D eigenvalue weighted by Gasteiger charge is 2.20. The van der Waals surface area contributed by atoms with Gasteiger partial charge in [0.2, 0.25) is 5.78 Å². The second-order valence-corrected chi connectivity index (χ2v) is 6.78. The molecule has 0 aliphatic heterocycles. The molecule has 1 heterocycles. The molecule has 0 bridgehead atoms. The maximum absolute atomic E-state index is 13.6. The Labute approximate surface area is 163 Å². The van der Waals surface area contributed by atoms with Gasteiger partial charge in [-0.1, -0.05) is 0 Å². The minimum absolute atomic E-state index is 0.235. The second kappa shape index (κ2) is 8.26. The summed E-state index contributed by atoms with van der Waals surface area (Å²) in [4.78, 5) is 28.9. The molecule has 1 aromatic heterocycles. The first-order chi connectivity index (χ1) is 13.4. The summed E-state index contributed by atoms with van der Waals surface area (Å²) in [6.45, 7) is 0.947. The van der Waals surface area contributed by atoms with Crippen LogP contribution in [0.4, 0.5) is 8.78 Å². The van der Waals surface area contributed by atoms with Crippen LogP contribution in [0, 0.1) is 18.6 Å². The molecule has 3 rings (SSSR count). The molecule has 0 fully saturated rings. The zero-order chi connectivity index (χ0) is 20.3. The number of carbonyl (C=O) groups is 2. The van der Waals surface area contributed by atoms with E-state index in [0.29, 0.717) is 16.5 Å². The Bertz CT molecular complexity index is 1030. The van der Waals surface area contributed by atoms with Gasteiger partial charge in [-0.25, -0.2) is 18.6 Å². The lowest BCUT2D eigenvalue weighted by Crippen LogP contribution is -2.15. The number of hydrogen-bond donors (Lipinski definition) is 0. The van der Waals surface area contributed by atoms with Crippen LogP contribution in [-0.2, 0) is 4.74 Å². The standard InChI is InChI=1S/C20H15F2NO4S/c1-11-18(28-19(23-11)12-3-6-14(26-2)7-4-12)20(25)27-10-17(24)15-9-13(21)5-8-16(15)22/h3-9H,10H2,1-2H3. The molecular weight excluding hydrogens is 388 g/mol. The first-order valence-corrected chi connectivity index (χ1v) is 8.98. The molecule has 0 aliphatic rings. The van der Waals surface area contributed by atoms with Crippen molar-refractivity contribution in [3.63, 3.8) is 0 Å². The third-order valence-corrected chi connectivity index (χ3v) is 5.07. The molecule has 28 heavy (non-hydrogen) atoms. The summed E-state index contributed by atoms with van der Waals surface area (Å²) in [7, 11) is 1.56. The zero-order valence-corrected chi connectivity index (χ0v) is 15.8. The average molecular weight is 403 g/mol. The van der Waals surface area contributed by atoms with Crippen LogP contribution >= 0.6 is 11.3 Å². The van der Waals surface area contributed by atoms with Crippen LogP contribution in [0.15, 0.2) is 42.5 Å². The monoisotopic (exact) mass is 403 g/mol. The number of hydrogen-bond acceptors (Lipinski definition) is 6. The molecule has 0 saturated heterocycles. The summed E-state index contributed by atoms with van der Waals surface area (Å²) < 4.78 is 36.9. The number of thiazole rings is 1. The quantitative estimate of drug-likeness (QED) is 0.450. The van der Waals surface area contributed by atoms with E-state index in [0.717, 1.165) is 35.1 Å². The number of ketones is 1. The van der Waals surface area contributed by atoms with Crippen LogP contribution in [0.5, 0.6) is 5.75 Å². The Hall–Kier alpha value is -3.13. The first-order valence-electron chi connectivity index (χ1n) is 8.16. The number of rotatable bonds is 6. The highest BCUT2D eigenvalue weighted by atomic mass is 32.1. The van der Waals surface area contributed by atoms with E-state index in [-0.39, 0.29) is 4.88 Å². The molecule has 0 spiro atoms. The minimum Gasteiger partial charge on any atom is -0.497 e. The van der Waals surface area contributed by atoms with E-state index in [4.69, 9.17) is 9.47 Å². The second-order valence-electron chi connectivity index (χ2n) is 5.79. The Morgan fingerprint density at radius 3 is 2.50 bits per heavy atom. The van der Waals surface area contributed by atoms with E-state index < -0.39 is 35.6 Å². The van der Waals surface area contributed by atoms with Gasteiger partial charge in [0.25, 0.3) is 0 Å². The normalized spacial score (nSPS) is 10.6. The minimum atomic E-state index is -0.877. The highest BCUT2D eigenvalue weighted by Crippen LogP contribution is 2.29. The van der Waals surface area contributed by atoms with Crippen molar-refractivity contribution in [3.8, 4) is 16.3 Å². The number of Topliss-reactive ketones (excluding diaryl/α,β-unsaturated/α-hetero) is 1. The van der Waals surface area contributed by atoms with Crippen molar-refractivity contribution in [3.05, 3.63) is 70.2 Å². The average Bonchev–Trinajstić information content (AvgIpc) is 3.09. The number of halogens is 2. The Balaban J connectivity index is 1.71. The van der Waals surface area contributed by atoms with Gasteiger partial charge in [-0.15, -0.1) is 11.3 Å². The fourth-order valence-electron chi connectivity index (χ4n) is 2.43. The van der Waals surface area contributed by atoms with E-state index in [9.17, 15) is 18.4 Å². The predicted octanol–water partition coefficient (Wildman–Crippen LogP) is 4.45. The van der Waals surface area contributed by atoms with Crippen LogP contribution in [0.3, 0.4) is 0 Å². The van der Waals surface area contributed by atoms with Crippen molar-refractivity contribution < 1.29 is 27.8 Å². The SMILES string of the molecule is COc1ccc(-c2nc(C)c(C(=O)OCC(=O)c3cc(F)ccc3F)s2)cc1. The summed E-state index contributed by atoms with van der Waals surface area (Å²) in [6.07, 6.45) is 0. The van der Waals surface area contributed by atoms with Crippen LogP contribution in [0.2, 0.25) is 0 Å². The van der Waals surface area contributed by atoms with Crippen LogP contribution < -0.4 is 4.74 Å². The molecule has 2 aromatic carbocycles. The van der Waals surface area contributed by atoms with Gasteiger partial charge >= 0.3 is 5.97 Å². The maximum atomic E-state index is 13.6. The lowest BCUT2D eigenvalue weighted by Gasteiger charge is -2.04. The van der Waals surface area contributed by atoms with Gasteiger partial charge in [-0.05, 0) is 49.4 Å². The van der Waals surface area contributed by atoms with Crippen molar-refractivity contribution in [2.45, 2.75) is 6.92 Å². The molecular formula is C20H15F2NO4S. The van der Waals surface area contributed by atoms with Crippen molar-refractivity contribution >= 4 is 23.1 Å². The summed E-state index contributed by atoms with van der Waals surface area (Å²) >= 11 is 1.12. The summed E-state index contributed by atoms with van der Waals surface area (Å²) in [5.41, 5.74) is 0.781. The molecule has 0 saturated carbocycles. The predicted molar refractivity (Wildman–Crippen MR) is 99.8 cm³/mol. The third-order valence-electron chi connectivity index (χ3n) is 3.88. The van der Waals surface area contributed by atoms with Crippen LogP contribution in [0.25, 0.3) is 10.6 Å². The number of ether oxygens (including phenoxy) is 2. The van der Waals surface area contributed by atoms with Gasteiger partial charge in [0.15, 0.2) is 6.61 Å². The number of nitrogens with zero attached hydrogens (tertiary/aromatic N) is 1. The van der Waals surface area contributed by atoms with Crippen molar-refractivity contribution in [1.82, 2.24) is 4.98 Å². The number of methoxy groups -OCH3 is 1. The summed E-state index contributed by atoms with van der Waals surface area (Å²) in [5, 5.41) is 0.606. The van der Waals surface area contributed by atoms with Crippen molar-refractivity contribution in [2.24, 2.45) is 0 Å². The number of benzene rings is 2. The van der Waals surface area contributed by atoms with Gasteiger partial charge in [0.05, 0.1) is 18.4 Å². The van der Waals surface area contributed by atoms with Crippen LogP contribution in [-0.4, -0.2) is 30.5 Å². The molecule has 0 unspecified atom stereocenters. The molecule has 0 radical (unpaired) electrons. The Morgan fingerprint density at radius 1 is 1.11 bits per heavy atom. The van der Waals surface area contributed by atoms with Crippen LogP contribution in [0.1, 0.15) is 25.7 Å². The van der Waals surface area contributed by atoms with Crippen molar-refractivity contribution in [1.29, 1.82) is 0 Å². The largest absolute Gasteiger partial charge is 0.497 e. The van der Waals surface area contributed by atoms with E-state index >= 15 is 0 Å². The Morgan fingerprint density at radius 2 is 1.82 bits per heavy atom. The number of esters is 1. The lowest BCUT2D eigenvalue weighted by molar-refractivity contribution is 0.0477. The Kier molecular flexibility index (Phi) is 5.79. The summed E-state index contributed by atoms with van der Waals surface area (Å²) in [6, 6.07) is 9.68. The fraction of sp³-hybridized carbons (Fsp3) is 0.150. The molecule has 8 heteroatoms. The van der Waals surface area contributed by atoms with E-state index in [1.807, 2.05) is 12.1 Å². The summed E-state index contributed by atoms with van der Waals surface area (Å²) in [5.74, 6) is -2.51. The van der Waals surface area contributed by atoms with Gasteiger partial charge < -0.3 is 9.47 Å². The molecule has 0 amide bonds. The molecule has 0 N–H and O–H groups in total. The number of aromatic nitrogens is 1. The van der Waals surface area contributed by atoms with E-state index in [1.165, 1.54) is 0 Å². The number of aryl methyl sites for hydroxylation is 1. The van der Waals surface area contributed by atoms with Gasteiger partial charge in [-0.2, -0.15) is 0 Å². The lowest BCUT2D eigenvalue weighted by atomic mass is 10.1. The first kappa shape index (κ1) is 19.6. The third kappa shape index (κ3) is 4.23. The molecule has 0 atom stereocenters. The zero-order valence-electron chi connectivity index (χ0n) is 15.0. The van der Waals surface area contributed by atoms with E-state index in [1.54, 1.807) is 26.2 Å². The van der Waals surface area contributed by atoms with Crippen molar-refractivity contribution in [2.75, 3.05) is 13.7 Å². The highest BCUT2D eigenvalue weighted by molar-refractivity contribution is 7.17. The number of carbonyl (C=O) groups excluding carboxylic acids is 2. The fourth-order valence-corrected chi connectivity index (χ4v) is 3.39. The van der Waals surface area contributed by atoms with Gasteiger partial charge in [0, 0.05) is 5.56 Å². The molecule has 0 aliphatic carbocycles. The van der Waals surface area contributed by atoms with E-state index in [2.05, 4.69) is 4.98 Å². The smallest absolute Gasteiger partial charge is 0.350 e. The van der Waals surface area contributed by atoms with Gasteiger partial charge in [0.1, 0.15) is 27.3 Å². The molecule has 5 nitrogen and oxygen atoms in total.